The molecule has 0 bridgehead atoms. The second-order valence-electron chi connectivity index (χ2n) is 9.26. The Bertz CT molecular complexity index is 548. The third kappa shape index (κ3) is 13.5. The Balaban J connectivity index is 2.34. The molecule has 0 heterocycles. The number of hydrogen-bond donors (Lipinski definition) is 3. The molecule has 3 N–H and O–H groups in total. The first-order chi connectivity index (χ1) is 15.5. The molecule has 1 aliphatic carbocycles. The Morgan fingerprint density at radius 1 is 0.906 bits per heavy atom. The second-order valence-corrected chi connectivity index (χ2v) is 10.5. The van der Waals surface area contributed by atoms with Gasteiger partial charge >= 0.3 is 11.9 Å². The summed E-state index contributed by atoms with van der Waals surface area (Å²) in [4.78, 5) is 21.8. The van der Waals surface area contributed by atoms with E-state index in [1.54, 1.807) is 0 Å². The van der Waals surface area contributed by atoms with E-state index in [-0.39, 0.29) is 24.0 Å². The van der Waals surface area contributed by atoms with Crippen LogP contribution in [0.5, 0.6) is 0 Å². The van der Waals surface area contributed by atoms with E-state index >= 15 is 0 Å². The number of carbonyl (C=O) groups is 2. The predicted octanol–water partition coefficient (Wildman–Crippen LogP) is 6.83. The topological polar surface area (TPSA) is 94.8 Å². The third-order valence-corrected chi connectivity index (χ3v) is 7.90. The zero-order chi connectivity index (χ0) is 23.6. The van der Waals surface area contributed by atoms with Gasteiger partial charge in [0.05, 0.1) is 17.8 Å². The van der Waals surface area contributed by atoms with Crippen LogP contribution in [-0.4, -0.2) is 44.4 Å². The Morgan fingerprint density at radius 3 is 2.03 bits per heavy atom. The third-order valence-electron chi connectivity index (χ3n) is 6.52. The van der Waals surface area contributed by atoms with Crippen LogP contribution in [0.4, 0.5) is 0 Å². The highest BCUT2D eigenvalue weighted by molar-refractivity contribution is 8.00. The number of unbranched alkanes of at least 4 members (excludes halogenated alkanes) is 11. The summed E-state index contributed by atoms with van der Waals surface area (Å²) in [5.74, 6) is -1.20. The number of hydrogen-bond acceptors (Lipinski definition) is 4. The van der Waals surface area contributed by atoms with Crippen LogP contribution in [0.1, 0.15) is 116 Å². The van der Waals surface area contributed by atoms with Crippen molar-refractivity contribution in [2.24, 2.45) is 5.92 Å². The molecule has 0 aromatic rings. The van der Waals surface area contributed by atoms with E-state index in [1.807, 2.05) is 0 Å². The molecule has 0 aromatic carbocycles. The molecule has 3 atom stereocenters. The first kappa shape index (κ1) is 29.0. The fraction of sp³-hybridized carbons (Fsp3) is 0.846. The van der Waals surface area contributed by atoms with E-state index in [9.17, 15) is 14.7 Å². The zero-order valence-corrected chi connectivity index (χ0v) is 20.9. The van der Waals surface area contributed by atoms with Gasteiger partial charge in [-0.3, -0.25) is 9.59 Å². The molecule has 0 amide bonds. The Kier molecular flexibility index (Phi) is 16.7. The van der Waals surface area contributed by atoms with Gasteiger partial charge in [0.1, 0.15) is 0 Å². The summed E-state index contributed by atoms with van der Waals surface area (Å²) in [6, 6.07) is 0. The smallest absolute Gasteiger partial charge is 0.304 e. The second kappa shape index (κ2) is 18.4. The van der Waals surface area contributed by atoms with Crippen LogP contribution < -0.4 is 0 Å². The van der Waals surface area contributed by atoms with Crippen LogP contribution in [0.15, 0.2) is 11.6 Å². The molecule has 6 heteroatoms. The quantitative estimate of drug-likeness (QED) is 0.141. The van der Waals surface area contributed by atoms with Crippen molar-refractivity contribution in [3.63, 3.8) is 0 Å². The highest BCUT2D eigenvalue weighted by Gasteiger charge is 2.35. The molecule has 0 aromatic heterocycles. The molecule has 0 saturated heterocycles. The van der Waals surface area contributed by atoms with Crippen LogP contribution in [0.2, 0.25) is 0 Å². The van der Waals surface area contributed by atoms with Crippen molar-refractivity contribution in [2.45, 2.75) is 127 Å². The average Bonchev–Trinajstić information content (AvgIpc) is 2.75. The largest absolute Gasteiger partial charge is 0.481 e. The van der Waals surface area contributed by atoms with Crippen LogP contribution in [0, 0.1) is 5.92 Å². The summed E-state index contributed by atoms with van der Waals surface area (Å²) in [7, 11) is 0. The van der Waals surface area contributed by atoms with E-state index in [0.29, 0.717) is 12.2 Å². The number of thioether (sulfide) groups is 1. The number of allylic oxidation sites excluding steroid dienone is 1. The van der Waals surface area contributed by atoms with Gasteiger partial charge in [-0.25, -0.2) is 0 Å². The molecule has 5 nitrogen and oxygen atoms in total. The van der Waals surface area contributed by atoms with Gasteiger partial charge in [-0.1, -0.05) is 82.8 Å². The number of carboxylic acid groups (broad SMARTS) is 2. The summed E-state index contributed by atoms with van der Waals surface area (Å²) in [5, 5.41) is 28.7. The van der Waals surface area contributed by atoms with Gasteiger partial charge in [-0.15, -0.1) is 0 Å². The molecule has 1 aliphatic rings. The van der Waals surface area contributed by atoms with Gasteiger partial charge in [0.25, 0.3) is 0 Å². The van der Waals surface area contributed by atoms with E-state index in [2.05, 4.69) is 13.0 Å². The van der Waals surface area contributed by atoms with Crippen molar-refractivity contribution in [1.29, 1.82) is 0 Å². The minimum atomic E-state index is -0.829. The molecule has 0 spiro atoms. The van der Waals surface area contributed by atoms with Crippen LogP contribution >= 0.6 is 11.8 Å². The monoisotopic (exact) mass is 470 g/mol. The molecule has 0 unspecified atom stereocenters. The van der Waals surface area contributed by atoms with Crippen molar-refractivity contribution in [2.75, 3.05) is 5.75 Å². The van der Waals surface area contributed by atoms with Gasteiger partial charge in [-0.05, 0) is 38.0 Å². The summed E-state index contributed by atoms with van der Waals surface area (Å²) in [6.07, 6.45) is 19.6. The van der Waals surface area contributed by atoms with Gasteiger partial charge in [-0.2, -0.15) is 11.8 Å². The number of carboxylic acids is 2. The van der Waals surface area contributed by atoms with Crippen LogP contribution in [0.25, 0.3) is 0 Å². The number of aliphatic hydroxyl groups excluding tert-OH is 1. The normalized spacial score (nSPS) is 22.3. The minimum Gasteiger partial charge on any atom is -0.481 e. The van der Waals surface area contributed by atoms with Gasteiger partial charge < -0.3 is 15.3 Å². The van der Waals surface area contributed by atoms with Gasteiger partial charge in [0.15, 0.2) is 0 Å². The summed E-state index contributed by atoms with van der Waals surface area (Å²) < 4.78 is 0. The lowest BCUT2D eigenvalue weighted by Gasteiger charge is -2.36. The fourth-order valence-electron chi connectivity index (χ4n) is 4.55. The maximum Gasteiger partial charge on any atom is 0.304 e. The average molecular weight is 471 g/mol. The van der Waals surface area contributed by atoms with Crippen molar-refractivity contribution in [3.05, 3.63) is 11.6 Å². The highest BCUT2D eigenvalue weighted by atomic mass is 32.2. The van der Waals surface area contributed by atoms with Crippen molar-refractivity contribution < 1.29 is 24.9 Å². The molecular formula is C26H46O5S. The summed E-state index contributed by atoms with van der Waals surface area (Å²) >= 11 is 1.52. The lowest BCUT2D eigenvalue weighted by molar-refractivity contribution is -0.138. The molecule has 1 saturated carbocycles. The molecule has 0 aliphatic heterocycles. The van der Waals surface area contributed by atoms with Crippen LogP contribution in [0.3, 0.4) is 0 Å². The van der Waals surface area contributed by atoms with Gasteiger partial charge in [0.2, 0.25) is 0 Å². The van der Waals surface area contributed by atoms with E-state index in [0.717, 1.165) is 25.7 Å². The molecule has 186 valence electrons. The zero-order valence-electron chi connectivity index (χ0n) is 20.1. The van der Waals surface area contributed by atoms with Crippen molar-refractivity contribution in [3.8, 4) is 0 Å². The minimum absolute atomic E-state index is 0.0208. The maximum absolute atomic E-state index is 10.9. The first-order valence-corrected chi connectivity index (χ1v) is 13.9. The number of aliphatic hydroxyl groups is 1. The molecule has 1 rings (SSSR count). The van der Waals surface area contributed by atoms with E-state index in [1.165, 1.54) is 81.5 Å². The molecule has 1 fully saturated rings. The molecule has 0 radical (unpaired) electrons. The first-order valence-electron chi connectivity index (χ1n) is 12.9. The SMILES string of the molecule is CCCCCCCCCCCCC/C=C1\CC[C@@H](CCC(=O)O)[C@@H](O)[C@@H]1SCCC(=O)O. The van der Waals surface area contributed by atoms with E-state index < -0.39 is 18.0 Å². The Labute approximate surface area is 199 Å². The molecule has 32 heavy (non-hydrogen) atoms. The fourth-order valence-corrected chi connectivity index (χ4v) is 5.94. The summed E-state index contributed by atoms with van der Waals surface area (Å²) in [6.45, 7) is 2.25. The summed E-state index contributed by atoms with van der Waals surface area (Å²) in [5.41, 5.74) is 1.23. The predicted molar refractivity (Wildman–Crippen MR) is 133 cm³/mol. The standard InChI is InChI=1S/C26H46O5S/c1-2-3-4-5-6-7-8-9-10-11-12-13-14-22-16-15-21(17-18-23(27)28)25(31)26(22)32-20-19-24(29)30/h14,21,25-26,31H,2-13,15-20H2,1H3,(H,27,28)(H,29,30)/b22-14+/t21-,25+,26+/m0/s1. The maximum atomic E-state index is 10.9. The van der Waals surface area contributed by atoms with Gasteiger partial charge in [0, 0.05) is 12.2 Å². The lowest BCUT2D eigenvalue weighted by atomic mass is 9.80. The highest BCUT2D eigenvalue weighted by Crippen LogP contribution is 2.39. The van der Waals surface area contributed by atoms with E-state index in [4.69, 9.17) is 10.2 Å². The Morgan fingerprint density at radius 2 is 1.47 bits per heavy atom. The lowest BCUT2D eigenvalue weighted by Crippen LogP contribution is -2.37. The number of rotatable bonds is 19. The van der Waals surface area contributed by atoms with Crippen molar-refractivity contribution >= 4 is 23.7 Å². The molecular weight excluding hydrogens is 424 g/mol. The van der Waals surface area contributed by atoms with Crippen molar-refractivity contribution in [1.82, 2.24) is 0 Å². The van der Waals surface area contributed by atoms with Crippen LogP contribution in [-0.2, 0) is 9.59 Å². The number of aliphatic carboxylic acids is 2. The Hall–Kier alpha value is -1.01.